The molecule has 0 spiro atoms. The van der Waals surface area contributed by atoms with Gasteiger partial charge in [0, 0.05) is 13.0 Å². The first kappa shape index (κ1) is 27.9. The summed E-state index contributed by atoms with van der Waals surface area (Å²) in [5.74, 6) is -2.34. The Hall–Kier alpha value is -3.69. The number of amides is 2. The molecular formula is C28H32N2O6S. The number of nitrogens with zero attached hydrogens (tertiary/aromatic N) is 1. The number of thiophene rings is 1. The highest BCUT2D eigenvalue weighted by atomic mass is 32.1. The normalized spacial score (nSPS) is 12.6. The number of carbonyl (C=O) groups is 3. The van der Waals surface area contributed by atoms with Gasteiger partial charge in [-0.2, -0.15) is 11.3 Å². The third-order valence-corrected chi connectivity index (χ3v) is 6.36. The Labute approximate surface area is 220 Å². The van der Waals surface area contributed by atoms with Gasteiger partial charge in [0.2, 0.25) is 0 Å². The fraction of sp³-hybridized carbons (Fsp3) is 0.321. The van der Waals surface area contributed by atoms with Crippen LogP contribution < -0.4 is 5.32 Å². The standard InChI is InChI=1S/C28H32N2O6S/c1-19(2)15-30(16-25(27(33)34)36-17-21-6-4-3-5-7-21)28(35)29-24(26(31)32)14-20-8-10-22(11-9-20)23-12-13-37-18-23/h3-13,18-19,24-25H,14-17H2,1-2H3,(H,29,35)(H,31,32)(H,33,34)/t24-,25?/m0/s1. The van der Waals surface area contributed by atoms with E-state index in [1.807, 2.05) is 85.3 Å². The summed E-state index contributed by atoms with van der Waals surface area (Å²) >= 11 is 1.60. The molecule has 0 bridgehead atoms. The molecule has 0 aliphatic rings. The number of carbonyl (C=O) groups excluding carboxylic acids is 1. The van der Waals surface area contributed by atoms with E-state index in [-0.39, 0.29) is 32.0 Å². The van der Waals surface area contributed by atoms with Crippen LogP contribution in [-0.4, -0.2) is 58.3 Å². The molecule has 3 rings (SSSR count). The zero-order chi connectivity index (χ0) is 26.8. The Balaban J connectivity index is 1.67. The number of urea groups is 1. The van der Waals surface area contributed by atoms with Crippen LogP contribution in [0, 0.1) is 5.92 Å². The Morgan fingerprint density at radius 1 is 0.892 bits per heavy atom. The number of hydrogen-bond acceptors (Lipinski definition) is 5. The molecule has 1 aromatic heterocycles. The number of ether oxygens (including phenoxy) is 1. The Morgan fingerprint density at radius 3 is 2.16 bits per heavy atom. The Kier molecular flexibility index (Phi) is 10.2. The minimum absolute atomic E-state index is 0.0299. The highest BCUT2D eigenvalue weighted by Gasteiger charge is 2.28. The van der Waals surface area contributed by atoms with E-state index < -0.39 is 30.1 Å². The lowest BCUT2D eigenvalue weighted by Gasteiger charge is -2.29. The van der Waals surface area contributed by atoms with Gasteiger partial charge < -0.3 is 25.2 Å². The van der Waals surface area contributed by atoms with E-state index >= 15 is 0 Å². The highest BCUT2D eigenvalue weighted by Crippen LogP contribution is 2.22. The maximum absolute atomic E-state index is 13.1. The van der Waals surface area contributed by atoms with Crippen LogP contribution in [0.1, 0.15) is 25.0 Å². The summed E-state index contributed by atoms with van der Waals surface area (Å²) in [4.78, 5) is 38.3. The van der Waals surface area contributed by atoms with Crippen LogP contribution in [0.4, 0.5) is 4.79 Å². The third kappa shape index (κ3) is 8.73. The summed E-state index contributed by atoms with van der Waals surface area (Å²) in [6, 6.07) is 16.9. The van der Waals surface area contributed by atoms with Crippen molar-refractivity contribution in [3.63, 3.8) is 0 Å². The fourth-order valence-corrected chi connectivity index (χ4v) is 4.46. The predicted octanol–water partition coefficient (Wildman–Crippen LogP) is 4.75. The molecule has 2 aromatic carbocycles. The smallest absolute Gasteiger partial charge is 0.334 e. The third-order valence-electron chi connectivity index (χ3n) is 5.67. The molecule has 0 aliphatic heterocycles. The molecule has 0 aliphatic carbocycles. The highest BCUT2D eigenvalue weighted by molar-refractivity contribution is 7.08. The first-order chi connectivity index (χ1) is 17.7. The van der Waals surface area contributed by atoms with Gasteiger partial charge in [-0.3, -0.25) is 0 Å². The summed E-state index contributed by atoms with van der Waals surface area (Å²) in [7, 11) is 0. The minimum Gasteiger partial charge on any atom is -0.480 e. The van der Waals surface area contributed by atoms with Gasteiger partial charge in [0.05, 0.1) is 13.2 Å². The molecule has 37 heavy (non-hydrogen) atoms. The van der Waals surface area contributed by atoms with Crippen molar-refractivity contribution in [2.75, 3.05) is 13.1 Å². The average molecular weight is 525 g/mol. The van der Waals surface area contributed by atoms with Gasteiger partial charge in [0.25, 0.3) is 0 Å². The van der Waals surface area contributed by atoms with Crippen molar-refractivity contribution in [2.45, 2.75) is 39.0 Å². The van der Waals surface area contributed by atoms with Gasteiger partial charge in [0.1, 0.15) is 6.04 Å². The van der Waals surface area contributed by atoms with E-state index in [9.17, 15) is 24.6 Å². The molecule has 9 heteroatoms. The van der Waals surface area contributed by atoms with E-state index in [4.69, 9.17) is 4.74 Å². The van der Waals surface area contributed by atoms with Gasteiger partial charge in [-0.05, 0) is 45.0 Å². The summed E-state index contributed by atoms with van der Waals surface area (Å²) in [6.45, 7) is 3.89. The molecule has 2 amide bonds. The second kappa shape index (κ2) is 13.6. The van der Waals surface area contributed by atoms with E-state index in [0.29, 0.717) is 0 Å². The number of benzene rings is 2. The van der Waals surface area contributed by atoms with Crippen LogP contribution in [0.25, 0.3) is 11.1 Å². The summed E-state index contributed by atoms with van der Waals surface area (Å²) < 4.78 is 5.60. The van der Waals surface area contributed by atoms with Gasteiger partial charge >= 0.3 is 18.0 Å². The molecule has 196 valence electrons. The van der Waals surface area contributed by atoms with Crippen LogP contribution in [0.15, 0.2) is 71.4 Å². The van der Waals surface area contributed by atoms with E-state index in [1.54, 1.807) is 11.3 Å². The molecule has 0 radical (unpaired) electrons. The minimum atomic E-state index is -1.27. The van der Waals surface area contributed by atoms with E-state index in [0.717, 1.165) is 22.3 Å². The SMILES string of the molecule is CC(C)CN(CC(OCc1ccccc1)C(=O)O)C(=O)N[C@@H](Cc1ccc(-c2ccsc2)cc1)C(=O)O. The summed E-state index contributed by atoms with van der Waals surface area (Å²) in [5.41, 5.74) is 3.69. The average Bonchev–Trinajstić information content (AvgIpc) is 3.41. The molecule has 0 fully saturated rings. The molecule has 0 saturated carbocycles. The van der Waals surface area contributed by atoms with Crippen molar-refractivity contribution in [3.8, 4) is 11.1 Å². The van der Waals surface area contributed by atoms with Gasteiger partial charge in [-0.25, -0.2) is 14.4 Å². The lowest BCUT2D eigenvalue weighted by Crippen LogP contribution is -2.52. The van der Waals surface area contributed by atoms with Crippen molar-refractivity contribution >= 4 is 29.3 Å². The Bertz CT molecular complexity index is 1150. The van der Waals surface area contributed by atoms with Gasteiger partial charge in [-0.15, -0.1) is 0 Å². The number of carboxylic acids is 2. The monoisotopic (exact) mass is 524 g/mol. The quantitative estimate of drug-likeness (QED) is 0.297. The second-order valence-electron chi connectivity index (χ2n) is 9.18. The molecule has 8 nitrogen and oxygen atoms in total. The first-order valence-electron chi connectivity index (χ1n) is 12.0. The van der Waals surface area contributed by atoms with Crippen LogP contribution in [0.5, 0.6) is 0 Å². The fourth-order valence-electron chi connectivity index (χ4n) is 3.79. The number of carboxylic acid groups (broad SMARTS) is 2. The van der Waals surface area contributed by atoms with Crippen molar-refractivity contribution in [1.82, 2.24) is 10.2 Å². The molecule has 0 saturated heterocycles. The van der Waals surface area contributed by atoms with Crippen molar-refractivity contribution in [1.29, 1.82) is 0 Å². The van der Waals surface area contributed by atoms with E-state index in [1.165, 1.54) is 4.90 Å². The topological polar surface area (TPSA) is 116 Å². The van der Waals surface area contributed by atoms with Crippen molar-refractivity contribution in [2.24, 2.45) is 5.92 Å². The van der Waals surface area contributed by atoms with Crippen LogP contribution in [0.2, 0.25) is 0 Å². The number of aliphatic carboxylic acids is 2. The Morgan fingerprint density at radius 2 is 1.59 bits per heavy atom. The predicted molar refractivity (Wildman–Crippen MR) is 142 cm³/mol. The van der Waals surface area contributed by atoms with E-state index in [2.05, 4.69) is 5.32 Å². The van der Waals surface area contributed by atoms with Crippen molar-refractivity contribution in [3.05, 3.63) is 82.6 Å². The zero-order valence-electron chi connectivity index (χ0n) is 20.9. The van der Waals surface area contributed by atoms with Crippen molar-refractivity contribution < 1.29 is 29.3 Å². The zero-order valence-corrected chi connectivity index (χ0v) is 21.7. The van der Waals surface area contributed by atoms with Crippen LogP contribution >= 0.6 is 11.3 Å². The van der Waals surface area contributed by atoms with Crippen LogP contribution in [0.3, 0.4) is 0 Å². The lowest BCUT2D eigenvalue weighted by atomic mass is 10.0. The number of nitrogens with one attached hydrogen (secondary N) is 1. The van der Waals surface area contributed by atoms with Gasteiger partial charge in [0.15, 0.2) is 6.10 Å². The molecule has 2 atom stereocenters. The largest absolute Gasteiger partial charge is 0.480 e. The molecule has 1 heterocycles. The number of hydrogen-bond donors (Lipinski definition) is 3. The van der Waals surface area contributed by atoms with Gasteiger partial charge in [-0.1, -0.05) is 68.4 Å². The summed E-state index contributed by atoms with van der Waals surface area (Å²) in [6.07, 6.45) is -1.18. The maximum atomic E-state index is 13.1. The second-order valence-corrected chi connectivity index (χ2v) is 9.96. The summed E-state index contributed by atoms with van der Waals surface area (Å²) in [5, 5.41) is 26.1. The lowest BCUT2D eigenvalue weighted by molar-refractivity contribution is -0.152. The first-order valence-corrected chi connectivity index (χ1v) is 12.9. The molecule has 3 aromatic rings. The number of rotatable bonds is 13. The molecule has 1 unspecified atom stereocenters. The molecule has 3 N–H and O–H groups in total. The van der Waals surface area contributed by atoms with Crippen LogP contribution in [-0.2, 0) is 27.4 Å². The molecular weight excluding hydrogens is 492 g/mol. The maximum Gasteiger partial charge on any atom is 0.334 e.